The van der Waals surface area contributed by atoms with Gasteiger partial charge in [-0.1, -0.05) is 6.07 Å². The van der Waals surface area contributed by atoms with Crippen molar-refractivity contribution in [2.75, 3.05) is 0 Å². The van der Waals surface area contributed by atoms with Crippen LogP contribution in [0, 0.1) is 0 Å². The highest BCUT2D eigenvalue weighted by Gasteiger charge is 2.02. The van der Waals surface area contributed by atoms with Gasteiger partial charge in [0.15, 0.2) is 0 Å². The fraction of sp³-hybridized carbons (Fsp3) is 0.0909. The molecule has 0 N–H and O–H groups in total. The zero-order chi connectivity index (χ0) is 9.80. The van der Waals surface area contributed by atoms with E-state index in [1.807, 2.05) is 30.6 Å². The molecule has 0 fully saturated rings. The molecule has 2 aromatic rings. The summed E-state index contributed by atoms with van der Waals surface area (Å²) in [6.45, 7) is 0. The molecule has 0 radical (unpaired) electrons. The minimum absolute atomic E-state index is 0.493. The van der Waals surface area contributed by atoms with Crippen LogP contribution in [-0.2, 0) is 5.88 Å². The Morgan fingerprint density at radius 2 is 1.93 bits per heavy atom. The van der Waals surface area contributed by atoms with Crippen LogP contribution in [-0.4, -0.2) is 9.97 Å². The van der Waals surface area contributed by atoms with Crippen molar-refractivity contribution in [1.82, 2.24) is 9.97 Å². The molecular weight excluding hydrogens is 196 g/mol. The monoisotopic (exact) mass is 204 g/mol. The molecule has 0 saturated heterocycles. The second-order valence-corrected chi connectivity index (χ2v) is 3.18. The molecule has 0 bridgehead atoms. The van der Waals surface area contributed by atoms with Gasteiger partial charge in [-0.3, -0.25) is 9.97 Å². The lowest BCUT2D eigenvalue weighted by molar-refractivity contribution is 1.25. The van der Waals surface area contributed by atoms with Gasteiger partial charge in [0.1, 0.15) is 0 Å². The first-order chi connectivity index (χ1) is 6.92. The van der Waals surface area contributed by atoms with Gasteiger partial charge < -0.3 is 0 Å². The van der Waals surface area contributed by atoms with Gasteiger partial charge >= 0.3 is 0 Å². The van der Waals surface area contributed by atoms with E-state index in [-0.39, 0.29) is 0 Å². The summed E-state index contributed by atoms with van der Waals surface area (Å²) in [5, 5.41) is 0. The molecule has 3 heteroatoms. The topological polar surface area (TPSA) is 25.8 Å². The van der Waals surface area contributed by atoms with Gasteiger partial charge in [0.25, 0.3) is 0 Å². The summed E-state index contributed by atoms with van der Waals surface area (Å²) >= 11 is 5.83. The Kier molecular flexibility index (Phi) is 2.75. The summed E-state index contributed by atoms with van der Waals surface area (Å²) in [7, 11) is 0. The molecule has 0 atom stereocenters. The second kappa shape index (κ2) is 4.20. The fourth-order valence-electron chi connectivity index (χ4n) is 1.32. The third-order valence-corrected chi connectivity index (χ3v) is 2.32. The SMILES string of the molecule is ClCc1ccncc1-c1cccnc1. The van der Waals surface area contributed by atoms with Crippen LogP contribution in [0.2, 0.25) is 0 Å². The van der Waals surface area contributed by atoms with Gasteiger partial charge in [-0.15, -0.1) is 11.6 Å². The molecule has 2 aromatic heterocycles. The quantitative estimate of drug-likeness (QED) is 0.703. The fourth-order valence-corrected chi connectivity index (χ4v) is 1.55. The van der Waals surface area contributed by atoms with E-state index in [4.69, 9.17) is 11.6 Å². The van der Waals surface area contributed by atoms with Crippen molar-refractivity contribution in [3.05, 3.63) is 48.5 Å². The van der Waals surface area contributed by atoms with E-state index >= 15 is 0 Å². The molecule has 0 aliphatic heterocycles. The van der Waals surface area contributed by atoms with Gasteiger partial charge in [-0.05, 0) is 17.7 Å². The van der Waals surface area contributed by atoms with Crippen molar-refractivity contribution >= 4 is 11.6 Å². The second-order valence-electron chi connectivity index (χ2n) is 2.91. The Labute approximate surface area is 87.6 Å². The Morgan fingerprint density at radius 3 is 2.64 bits per heavy atom. The Hall–Kier alpha value is -1.41. The largest absolute Gasteiger partial charge is 0.264 e. The van der Waals surface area contributed by atoms with Crippen LogP contribution < -0.4 is 0 Å². The first-order valence-electron chi connectivity index (χ1n) is 4.31. The Morgan fingerprint density at radius 1 is 1.07 bits per heavy atom. The van der Waals surface area contributed by atoms with E-state index in [1.165, 1.54) is 0 Å². The predicted octanol–water partition coefficient (Wildman–Crippen LogP) is 2.88. The normalized spacial score (nSPS) is 10.1. The maximum absolute atomic E-state index is 5.83. The summed E-state index contributed by atoms with van der Waals surface area (Å²) in [5.41, 5.74) is 3.18. The van der Waals surface area contributed by atoms with Crippen LogP contribution in [0.5, 0.6) is 0 Å². The van der Waals surface area contributed by atoms with Crippen LogP contribution in [0.3, 0.4) is 0 Å². The van der Waals surface area contributed by atoms with Gasteiger partial charge in [0.2, 0.25) is 0 Å². The van der Waals surface area contributed by atoms with E-state index < -0.39 is 0 Å². The summed E-state index contributed by atoms with van der Waals surface area (Å²) in [6.07, 6.45) is 7.12. The molecular formula is C11H9ClN2. The lowest BCUT2D eigenvalue weighted by Crippen LogP contribution is -1.87. The standard InChI is InChI=1S/C11H9ClN2/c12-6-9-3-5-14-8-11(9)10-2-1-4-13-7-10/h1-5,7-8H,6H2. The van der Waals surface area contributed by atoms with Crippen LogP contribution in [0.1, 0.15) is 5.56 Å². The average molecular weight is 205 g/mol. The number of halogens is 1. The maximum atomic E-state index is 5.83. The minimum Gasteiger partial charge on any atom is -0.264 e. The van der Waals surface area contributed by atoms with Crippen molar-refractivity contribution in [2.24, 2.45) is 0 Å². The summed E-state index contributed by atoms with van der Waals surface area (Å²) in [5.74, 6) is 0.493. The van der Waals surface area contributed by atoms with Gasteiger partial charge in [-0.2, -0.15) is 0 Å². The average Bonchev–Trinajstić information content (AvgIpc) is 2.30. The van der Waals surface area contributed by atoms with E-state index in [0.29, 0.717) is 5.88 Å². The zero-order valence-electron chi connectivity index (χ0n) is 7.52. The minimum atomic E-state index is 0.493. The number of aromatic nitrogens is 2. The first-order valence-corrected chi connectivity index (χ1v) is 4.84. The van der Waals surface area contributed by atoms with Gasteiger partial charge in [0, 0.05) is 41.8 Å². The first kappa shape index (κ1) is 9.16. The highest BCUT2D eigenvalue weighted by Crippen LogP contribution is 2.22. The highest BCUT2D eigenvalue weighted by molar-refractivity contribution is 6.17. The molecule has 2 nitrogen and oxygen atoms in total. The summed E-state index contributed by atoms with van der Waals surface area (Å²) < 4.78 is 0. The number of alkyl halides is 1. The predicted molar refractivity (Wildman–Crippen MR) is 57.0 cm³/mol. The number of nitrogens with zero attached hydrogens (tertiary/aromatic N) is 2. The van der Waals surface area contributed by atoms with Gasteiger partial charge in [0.05, 0.1) is 0 Å². The van der Waals surface area contributed by atoms with E-state index in [1.54, 1.807) is 12.4 Å². The zero-order valence-corrected chi connectivity index (χ0v) is 8.28. The third-order valence-electron chi connectivity index (χ3n) is 2.03. The molecule has 0 aromatic carbocycles. The van der Waals surface area contributed by atoms with Crippen molar-refractivity contribution < 1.29 is 0 Å². The smallest absolute Gasteiger partial charge is 0.0481 e. The Balaban J connectivity index is 2.51. The lowest BCUT2D eigenvalue weighted by Gasteiger charge is -2.04. The van der Waals surface area contributed by atoms with E-state index in [2.05, 4.69) is 9.97 Å². The van der Waals surface area contributed by atoms with E-state index in [9.17, 15) is 0 Å². The van der Waals surface area contributed by atoms with Crippen LogP contribution >= 0.6 is 11.6 Å². The Bertz CT molecular complexity index is 415. The van der Waals surface area contributed by atoms with Gasteiger partial charge in [-0.25, -0.2) is 0 Å². The van der Waals surface area contributed by atoms with Crippen molar-refractivity contribution in [3.63, 3.8) is 0 Å². The van der Waals surface area contributed by atoms with Crippen LogP contribution in [0.4, 0.5) is 0 Å². The molecule has 0 aliphatic carbocycles. The number of hydrogen-bond acceptors (Lipinski definition) is 2. The number of rotatable bonds is 2. The molecule has 2 rings (SSSR count). The molecule has 0 aliphatic rings. The number of pyridine rings is 2. The van der Waals surface area contributed by atoms with Crippen molar-refractivity contribution in [2.45, 2.75) is 5.88 Å². The summed E-state index contributed by atoms with van der Waals surface area (Å²) in [4.78, 5) is 8.15. The molecule has 0 amide bonds. The summed E-state index contributed by atoms with van der Waals surface area (Å²) in [6, 6.07) is 5.83. The van der Waals surface area contributed by atoms with Crippen LogP contribution in [0.15, 0.2) is 43.0 Å². The molecule has 0 saturated carbocycles. The van der Waals surface area contributed by atoms with E-state index in [0.717, 1.165) is 16.7 Å². The number of hydrogen-bond donors (Lipinski definition) is 0. The lowest BCUT2D eigenvalue weighted by atomic mass is 10.1. The molecule has 2 heterocycles. The van der Waals surface area contributed by atoms with Crippen molar-refractivity contribution in [1.29, 1.82) is 0 Å². The third kappa shape index (κ3) is 1.75. The molecule has 14 heavy (non-hydrogen) atoms. The molecule has 0 spiro atoms. The molecule has 0 unspecified atom stereocenters. The molecule has 70 valence electrons. The van der Waals surface area contributed by atoms with Crippen LogP contribution in [0.25, 0.3) is 11.1 Å². The maximum Gasteiger partial charge on any atom is 0.0481 e. The van der Waals surface area contributed by atoms with Crippen molar-refractivity contribution in [3.8, 4) is 11.1 Å². The highest BCUT2D eigenvalue weighted by atomic mass is 35.5.